The summed E-state index contributed by atoms with van der Waals surface area (Å²) < 4.78 is 38.7. The molecule has 6 nitrogen and oxygen atoms in total. The molecule has 0 radical (unpaired) electrons. The lowest BCUT2D eigenvalue weighted by atomic mass is 10.2. The van der Waals surface area contributed by atoms with Crippen LogP contribution < -0.4 is 9.47 Å². The van der Waals surface area contributed by atoms with Gasteiger partial charge in [-0.1, -0.05) is 0 Å². The predicted molar refractivity (Wildman–Crippen MR) is 92.9 cm³/mol. The first-order chi connectivity index (χ1) is 11.9. The maximum Gasteiger partial charge on any atom is 0.338 e. The van der Waals surface area contributed by atoms with Gasteiger partial charge in [-0.05, 0) is 55.5 Å². The number of hydrogen-bond donors (Lipinski definition) is 0. The van der Waals surface area contributed by atoms with E-state index in [1.165, 1.54) is 24.3 Å². The van der Waals surface area contributed by atoms with E-state index < -0.39 is 15.8 Å². The number of carbonyl (C=O) groups excluding carboxylic acids is 1. The van der Waals surface area contributed by atoms with Gasteiger partial charge in [0, 0.05) is 6.26 Å². The van der Waals surface area contributed by atoms with E-state index in [4.69, 9.17) is 14.2 Å². The van der Waals surface area contributed by atoms with Crippen LogP contribution in [0.2, 0.25) is 0 Å². The van der Waals surface area contributed by atoms with Crippen LogP contribution in [0.4, 0.5) is 0 Å². The summed E-state index contributed by atoms with van der Waals surface area (Å²) in [6.45, 7) is 2.80. The lowest BCUT2D eigenvalue weighted by Crippen LogP contribution is -2.12. The number of rotatable bonds is 8. The quantitative estimate of drug-likeness (QED) is 0.529. The lowest BCUT2D eigenvalue weighted by Gasteiger charge is -2.09. The maximum absolute atomic E-state index is 11.9. The van der Waals surface area contributed by atoms with Gasteiger partial charge in [-0.25, -0.2) is 13.2 Å². The molecule has 0 saturated carbocycles. The van der Waals surface area contributed by atoms with E-state index in [1.54, 1.807) is 24.3 Å². The van der Waals surface area contributed by atoms with Crippen molar-refractivity contribution in [3.63, 3.8) is 0 Å². The second-order valence-electron chi connectivity index (χ2n) is 5.19. The Hall–Kier alpha value is -2.54. The van der Waals surface area contributed by atoms with Crippen LogP contribution in [0.1, 0.15) is 17.3 Å². The van der Waals surface area contributed by atoms with E-state index in [9.17, 15) is 13.2 Å². The highest BCUT2D eigenvalue weighted by Crippen LogP contribution is 2.17. The second-order valence-corrected chi connectivity index (χ2v) is 7.20. The highest BCUT2D eigenvalue weighted by atomic mass is 32.2. The highest BCUT2D eigenvalue weighted by molar-refractivity contribution is 7.90. The number of carbonyl (C=O) groups is 1. The van der Waals surface area contributed by atoms with Crippen molar-refractivity contribution in [1.82, 2.24) is 0 Å². The van der Waals surface area contributed by atoms with Crippen molar-refractivity contribution in [3.05, 3.63) is 54.1 Å². The van der Waals surface area contributed by atoms with E-state index in [0.29, 0.717) is 12.4 Å². The number of hydrogen-bond acceptors (Lipinski definition) is 6. The first-order valence-electron chi connectivity index (χ1n) is 7.73. The average molecular weight is 364 g/mol. The zero-order valence-corrected chi connectivity index (χ0v) is 14.9. The predicted octanol–water partition coefficient (Wildman–Crippen LogP) is 2.72. The molecule has 0 heterocycles. The molecule has 0 aromatic heterocycles. The van der Waals surface area contributed by atoms with E-state index in [-0.39, 0.29) is 23.7 Å². The van der Waals surface area contributed by atoms with Gasteiger partial charge in [0.05, 0.1) is 17.1 Å². The standard InChI is InChI=1S/C18H20O6S/c1-3-22-15-6-8-16(9-7-15)23-12-13-24-18(19)14-4-10-17(11-5-14)25(2,20)21/h4-11H,3,12-13H2,1-2H3. The van der Waals surface area contributed by atoms with Crippen molar-refractivity contribution < 1.29 is 27.4 Å². The van der Waals surface area contributed by atoms with Crippen molar-refractivity contribution in [2.24, 2.45) is 0 Å². The highest BCUT2D eigenvalue weighted by Gasteiger charge is 2.10. The summed E-state index contributed by atoms with van der Waals surface area (Å²) in [5, 5.41) is 0. The Balaban J connectivity index is 1.78. The summed E-state index contributed by atoms with van der Waals surface area (Å²) in [6.07, 6.45) is 1.11. The molecule has 2 aromatic rings. The maximum atomic E-state index is 11.9. The largest absolute Gasteiger partial charge is 0.494 e. The topological polar surface area (TPSA) is 78.9 Å². The molecule has 2 rings (SSSR count). The second kappa shape index (κ2) is 8.53. The minimum atomic E-state index is -3.28. The third-order valence-corrected chi connectivity index (χ3v) is 4.37. The molecular weight excluding hydrogens is 344 g/mol. The Morgan fingerprint density at radius 2 is 1.44 bits per heavy atom. The molecule has 0 aliphatic heterocycles. The Kier molecular flexibility index (Phi) is 6.41. The van der Waals surface area contributed by atoms with Crippen molar-refractivity contribution >= 4 is 15.8 Å². The number of ether oxygens (including phenoxy) is 3. The van der Waals surface area contributed by atoms with E-state index in [2.05, 4.69) is 0 Å². The van der Waals surface area contributed by atoms with Crippen molar-refractivity contribution in [2.75, 3.05) is 26.1 Å². The van der Waals surface area contributed by atoms with Gasteiger partial charge in [-0.3, -0.25) is 0 Å². The summed E-state index contributed by atoms with van der Waals surface area (Å²) in [5.74, 6) is 0.881. The molecule has 25 heavy (non-hydrogen) atoms. The Morgan fingerprint density at radius 1 is 0.880 bits per heavy atom. The lowest BCUT2D eigenvalue weighted by molar-refractivity contribution is 0.0450. The fourth-order valence-corrected chi connectivity index (χ4v) is 2.64. The smallest absolute Gasteiger partial charge is 0.338 e. The van der Waals surface area contributed by atoms with Gasteiger partial charge in [0.15, 0.2) is 9.84 Å². The molecule has 134 valence electrons. The molecule has 0 bridgehead atoms. The fourth-order valence-electron chi connectivity index (χ4n) is 2.01. The van der Waals surface area contributed by atoms with E-state index in [0.717, 1.165) is 12.0 Å². The third kappa shape index (κ3) is 5.79. The molecule has 0 aliphatic carbocycles. The van der Waals surface area contributed by atoms with Crippen LogP contribution >= 0.6 is 0 Å². The van der Waals surface area contributed by atoms with Crippen LogP contribution in [-0.4, -0.2) is 40.5 Å². The van der Waals surface area contributed by atoms with E-state index >= 15 is 0 Å². The molecule has 0 saturated heterocycles. The molecule has 0 atom stereocenters. The molecule has 7 heteroatoms. The molecule has 0 amide bonds. The zero-order chi connectivity index (χ0) is 18.3. The van der Waals surface area contributed by atoms with Gasteiger partial charge in [0.2, 0.25) is 0 Å². The third-order valence-electron chi connectivity index (χ3n) is 3.24. The Bertz CT molecular complexity index is 794. The summed E-state index contributed by atoms with van der Waals surface area (Å²) in [6, 6.07) is 12.7. The van der Waals surface area contributed by atoms with Crippen LogP contribution in [-0.2, 0) is 14.6 Å². The van der Waals surface area contributed by atoms with Gasteiger partial charge >= 0.3 is 5.97 Å². The van der Waals surface area contributed by atoms with Crippen molar-refractivity contribution in [1.29, 1.82) is 0 Å². The van der Waals surface area contributed by atoms with Crippen molar-refractivity contribution in [3.8, 4) is 11.5 Å². The summed E-state index contributed by atoms with van der Waals surface area (Å²) in [7, 11) is -3.28. The Labute approximate surface area is 147 Å². The van der Waals surface area contributed by atoms with E-state index in [1.807, 2.05) is 6.92 Å². The first kappa shape index (κ1) is 18.8. The number of esters is 1. The minimum Gasteiger partial charge on any atom is -0.494 e. The molecule has 2 aromatic carbocycles. The first-order valence-corrected chi connectivity index (χ1v) is 9.62. The monoisotopic (exact) mass is 364 g/mol. The van der Waals surface area contributed by atoms with Gasteiger partial charge in [0.1, 0.15) is 24.7 Å². The van der Waals surface area contributed by atoms with Gasteiger partial charge in [0.25, 0.3) is 0 Å². The number of benzene rings is 2. The molecule has 0 aliphatic rings. The minimum absolute atomic E-state index is 0.0832. The molecular formula is C18H20O6S. The van der Waals surface area contributed by atoms with Crippen LogP contribution in [0.25, 0.3) is 0 Å². The van der Waals surface area contributed by atoms with Crippen LogP contribution in [0.3, 0.4) is 0 Å². The summed E-state index contributed by atoms with van der Waals surface area (Å²) in [5.41, 5.74) is 0.286. The van der Waals surface area contributed by atoms with Crippen molar-refractivity contribution in [2.45, 2.75) is 11.8 Å². The van der Waals surface area contributed by atoms with Crippen LogP contribution in [0, 0.1) is 0 Å². The zero-order valence-electron chi connectivity index (χ0n) is 14.1. The molecule has 0 N–H and O–H groups in total. The van der Waals surface area contributed by atoms with Gasteiger partial charge < -0.3 is 14.2 Å². The summed E-state index contributed by atoms with van der Waals surface area (Å²) >= 11 is 0. The van der Waals surface area contributed by atoms with Crippen LogP contribution in [0.5, 0.6) is 11.5 Å². The Morgan fingerprint density at radius 3 is 1.96 bits per heavy atom. The fraction of sp³-hybridized carbons (Fsp3) is 0.278. The molecule has 0 unspecified atom stereocenters. The SMILES string of the molecule is CCOc1ccc(OCCOC(=O)c2ccc(S(C)(=O)=O)cc2)cc1. The van der Waals surface area contributed by atoms with Gasteiger partial charge in [-0.2, -0.15) is 0 Å². The molecule has 0 spiro atoms. The average Bonchev–Trinajstić information content (AvgIpc) is 2.59. The number of sulfone groups is 1. The summed E-state index contributed by atoms with van der Waals surface area (Å²) in [4.78, 5) is 12.0. The molecule has 0 fully saturated rings. The van der Waals surface area contributed by atoms with Gasteiger partial charge in [-0.15, -0.1) is 0 Å². The van der Waals surface area contributed by atoms with Crippen LogP contribution in [0.15, 0.2) is 53.4 Å². The normalized spacial score (nSPS) is 11.0.